The minimum absolute atomic E-state index is 0.0474. The number of hydrogen-bond acceptors (Lipinski definition) is 4. The van der Waals surface area contributed by atoms with Crippen molar-refractivity contribution >= 4 is 10.0 Å². The third-order valence-electron chi connectivity index (χ3n) is 5.40. The number of ether oxygens (including phenoxy) is 1. The lowest BCUT2D eigenvalue weighted by Gasteiger charge is -2.35. The van der Waals surface area contributed by atoms with Crippen molar-refractivity contribution < 1.29 is 13.2 Å². The maximum Gasteiger partial charge on any atom is 0.241 e. The van der Waals surface area contributed by atoms with Gasteiger partial charge >= 0.3 is 0 Å². The molecule has 1 heterocycles. The summed E-state index contributed by atoms with van der Waals surface area (Å²) in [5.41, 5.74) is 2.68. The van der Waals surface area contributed by atoms with Crippen molar-refractivity contribution in [2.45, 2.75) is 10.9 Å². The highest BCUT2D eigenvalue weighted by atomic mass is 32.2. The Hall–Kier alpha value is -2.51. The standard InChI is InChI=1S/C24H26N2O3S/c27-30(28,24-14-8-7-13-22(24)20-9-3-1-4-10-20)25-19-23(21-11-5-2-6-12-21)26-15-17-29-18-16-26/h1-14,23,25H,15-19H2. The van der Waals surface area contributed by atoms with Gasteiger partial charge in [-0.1, -0.05) is 78.9 Å². The van der Waals surface area contributed by atoms with E-state index >= 15 is 0 Å². The Balaban J connectivity index is 1.60. The van der Waals surface area contributed by atoms with E-state index in [-0.39, 0.29) is 6.04 Å². The fourth-order valence-electron chi connectivity index (χ4n) is 3.85. The van der Waals surface area contributed by atoms with Gasteiger partial charge in [-0.2, -0.15) is 0 Å². The van der Waals surface area contributed by atoms with Crippen molar-refractivity contribution in [2.24, 2.45) is 0 Å². The monoisotopic (exact) mass is 422 g/mol. The molecule has 1 fully saturated rings. The second-order valence-corrected chi connectivity index (χ2v) is 9.02. The van der Waals surface area contributed by atoms with Gasteiger partial charge in [0.05, 0.1) is 18.1 Å². The number of hydrogen-bond donors (Lipinski definition) is 1. The molecule has 3 aromatic rings. The highest BCUT2D eigenvalue weighted by Gasteiger charge is 2.26. The molecule has 1 saturated heterocycles. The van der Waals surface area contributed by atoms with Crippen LogP contribution in [0.1, 0.15) is 11.6 Å². The van der Waals surface area contributed by atoms with Gasteiger partial charge < -0.3 is 4.74 Å². The van der Waals surface area contributed by atoms with Crippen LogP contribution in [0.5, 0.6) is 0 Å². The minimum atomic E-state index is -3.69. The normalized spacial score (nSPS) is 16.3. The highest BCUT2D eigenvalue weighted by Crippen LogP contribution is 2.28. The maximum absolute atomic E-state index is 13.3. The van der Waals surface area contributed by atoms with Gasteiger partial charge in [-0.15, -0.1) is 0 Å². The first-order valence-electron chi connectivity index (χ1n) is 10.2. The van der Waals surface area contributed by atoms with Crippen LogP contribution in [-0.2, 0) is 14.8 Å². The number of nitrogens with one attached hydrogen (secondary N) is 1. The van der Waals surface area contributed by atoms with Crippen molar-refractivity contribution in [1.29, 1.82) is 0 Å². The summed E-state index contributed by atoms with van der Waals surface area (Å²) in [7, 11) is -3.69. The summed E-state index contributed by atoms with van der Waals surface area (Å²) >= 11 is 0. The molecule has 0 bridgehead atoms. The largest absolute Gasteiger partial charge is 0.379 e. The van der Waals surface area contributed by atoms with Gasteiger partial charge in [0.15, 0.2) is 0 Å². The smallest absolute Gasteiger partial charge is 0.241 e. The number of rotatable bonds is 7. The first kappa shape index (κ1) is 20.8. The third-order valence-corrected chi connectivity index (χ3v) is 6.88. The zero-order valence-electron chi connectivity index (χ0n) is 16.8. The topological polar surface area (TPSA) is 58.6 Å². The Labute approximate surface area is 178 Å². The van der Waals surface area contributed by atoms with Crippen LogP contribution < -0.4 is 4.72 Å². The molecule has 1 atom stereocenters. The number of benzene rings is 3. The lowest BCUT2D eigenvalue weighted by Crippen LogP contribution is -2.43. The average Bonchev–Trinajstić information content (AvgIpc) is 2.81. The van der Waals surface area contributed by atoms with E-state index in [0.29, 0.717) is 30.2 Å². The first-order chi connectivity index (χ1) is 14.6. The van der Waals surface area contributed by atoms with Crippen LogP contribution in [0.25, 0.3) is 11.1 Å². The molecule has 0 spiro atoms. The van der Waals surface area contributed by atoms with Crippen LogP contribution in [0.15, 0.2) is 89.8 Å². The van der Waals surface area contributed by atoms with E-state index in [1.807, 2.05) is 72.8 Å². The zero-order chi connectivity index (χ0) is 20.8. The maximum atomic E-state index is 13.3. The second-order valence-electron chi connectivity index (χ2n) is 7.29. The van der Waals surface area contributed by atoms with Gasteiger partial charge in [-0.3, -0.25) is 4.90 Å². The Bertz CT molecular complexity index is 1050. The quantitative estimate of drug-likeness (QED) is 0.631. The van der Waals surface area contributed by atoms with Crippen molar-refractivity contribution in [3.05, 3.63) is 90.5 Å². The van der Waals surface area contributed by atoms with Gasteiger partial charge in [-0.05, 0) is 17.2 Å². The highest BCUT2D eigenvalue weighted by molar-refractivity contribution is 7.89. The van der Waals surface area contributed by atoms with Crippen molar-refractivity contribution in [3.63, 3.8) is 0 Å². The molecule has 1 N–H and O–H groups in total. The molecule has 30 heavy (non-hydrogen) atoms. The van der Waals surface area contributed by atoms with E-state index < -0.39 is 10.0 Å². The lowest BCUT2D eigenvalue weighted by atomic mass is 10.1. The number of nitrogens with zero attached hydrogens (tertiary/aromatic N) is 1. The molecule has 1 aliphatic rings. The molecule has 0 amide bonds. The van der Waals surface area contributed by atoms with Crippen LogP contribution in [0.3, 0.4) is 0 Å². The fraction of sp³-hybridized carbons (Fsp3) is 0.250. The van der Waals surface area contributed by atoms with E-state index in [2.05, 4.69) is 9.62 Å². The van der Waals surface area contributed by atoms with Gasteiger partial charge in [0.2, 0.25) is 10.0 Å². The van der Waals surface area contributed by atoms with E-state index in [4.69, 9.17) is 4.74 Å². The van der Waals surface area contributed by atoms with E-state index in [1.165, 1.54) is 0 Å². The van der Waals surface area contributed by atoms with Crippen LogP contribution >= 0.6 is 0 Å². The molecule has 4 rings (SSSR count). The molecule has 156 valence electrons. The zero-order valence-corrected chi connectivity index (χ0v) is 17.6. The minimum Gasteiger partial charge on any atom is -0.379 e. The molecule has 0 aromatic heterocycles. The summed E-state index contributed by atoms with van der Waals surface area (Å²) in [6.45, 7) is 3.18. The van der Waals surface area contributed by atoms with Crippen molar-refractivity contribution in [1.82, 2.24) is 9.62 Å². The molecule has 6 heteroatoms. The van der Waals surface area contributed by atoms with Crippen LogP contribution in [-0.4, -0.2) is 46.2 Å². The molecule has 0 radical (unpaired) electrons. The van der Waals surface area contributed by atoms with Crippen LogP contribution in [0.2, 0.25) is 0 Å². The summed E-state index contributed by atoms with van der Waals surface area (Å²) in [4.78, 5) is 2.58. The van der Waals surface area contributed by atoms with Gasteiger partial charge in [0, 0.05) is 31.2 Å². The van der Waals surface area contributed by atoms with E-state index in [1.54, 1.807) is 12.1 Å². The van der Waals surface area contributed by atoms with Crippen LogP contribution in [0, 0.1) is 0 Å². The van der Waals surface area contributed by atoms with E-state index in [9.17, 15) is 8.42 Å². The molecule has 5 nitrogen and oxygen atoms in total. The summed E-state index contributed by atoms with van der Waals surface area (Å²) < 4.78 is 34.9. The Kier molecular flexibility index (Phi) is 6.59. The van der Waals surface area contributed by atoms with Gasteiger partial charge in [-0.25, -0.2) is 13.1 Å². The average molecular weight is 423 g/mol. The first-order valence-corrected chi connectivity index (χ1v) is 11.6. The molecular weight excluding hydrogens is 396 g/mol. The summed E-state index contributed by atoms with van der Waals surface area (Å²) in [5.74, 6) is 0. The van der Waals surface area contributed by atoms with Gasteiger partial charge in [0.1, 0.15) is 0 Å². The number of morpholine rings is 1. The van der Waals surface area contributed by atoms with Crippen molar-refractivity contribution in [3.8, 4) is 11.1 Å². The lowest BCUT2D eigenvalue weighted by molar-refractivity contribution is 0.0172. The molecule has 1 unspecified atom stereocenters. The third kappa shape index (κ3) is 4.79. The second kappa shape index (κ2) is 9.53. The molecule has 0 saturated carbocycles. The molecular formula is C24H26N2O3S. The predicted octanol–water partition coefficient (Wildman–Crippen LogP) is 3.71. The molecule has 3 aromatic carbocycles. The van der Waals surface area contributed by atoms with Gasteiger partial charge in [0.25, 0.3) is 0 Å². The summed E-state index contributed by atoms with van der Waals surface area (Å²) in [5, 5.41) is 0. The van der Waals surface area contributed by atoms with Crippen molar-refractivity contribution in [2.75, 3.05) is 32.8 Å². The van der Waals surface area contributed by atoms with Crippen LogP contribution in [0.4, 0.5) is 0 Å². The Morgan fingerprint density at radius 1 is 0.833 bits per heavy atom. The fourth-order valence-corrected chi connectivity index (χ4v) is 5.11. The molecule has 1 aliphatic heterocycles. The predicted molar refractivity (Wildman–Crippen MR) is 119 cm³/mol. The summed E-state index contributed by atoms with van der Waals surface area (Å²) in [6.07, 6.45) is 0. The Morgan fingerprint density at radius 2 is 1.43 bits per heavy atom. The molecule has 0 aliphatic carbocycles. The SMILES string of the molecule is O=S(=O)(NCC(c1ccccc1)N1CCOCC1)c1ccccc1-c1ccccc1. The Morgan fingerprint density at radius 3 is 2.13 bits per heavy atom. The summed E-state index contributed by atoms with van der Waals surface area (Å²) in [6, 6.07) is 26.7. The number of sulfonamides is 1. The van der Waals surface area contributed by atoms with E-state index in [0.717, 1.165) is 24.2 Å².